The van der Waals surface area contributed by atoms with Crippen LogP contribution in [0.5, 0.6) is 0 Å². The normalized spacial score (nSPS) is 12.2. The van der Waals surface area contributed by atoms with Gasteiger partial charge in [-0.15, -0.1) is 0 Å². The quantitative estimate of drug-likeness (QED) is 0.192. The van der Waals surface area contributed by atoms with Gasteiger partial charge < -0.3 is 9.64 Å². The van der Waals surface area contributed by atoms with Gasteiger partial charge in [0.05, 0.1) is 19.4 Å². The third-order valence-electron chi connectivity index (χ3n) is 5.50. The second kappa shape index (κ2) is 11.2. The number of amides is 1. The first kappa shape index (κ1) is 26.0. The second-order valence-corrected chi connectivity index (χ2v) is 11.3. The minimum absolute atomic E-state index is 0.191. The number of hydrogen-bond donors (Lipinski definition) is 0. The molecule has 1 amide bonds. The zero-order valence-electron chi connectivity index (χ0n) is 20.5. The topological polar surface area (TPSA) is 72.9 Å². The highest BCUT2D eigenvalue weighted by Gasteiger charge is 2.23. The van der Waals surface area contributed by atoms with E-state index in [1.54, 1.807) is 4.90 Å². The van der Waals surface area contributed by atoms with Gasteiger partial charge >= 0.3 is 6.09 Å². The summed E-state index contributed by atoms with van der Waals surface area (Å²) in [6.45, 7) is 6.82. The smallest absolute Gasteiger partial charge is 0.410 e. The van der Waals surface area contributed by atoms with E-state index in [9.17, 15) is 13.2 Å². The van der Waals surface area contributed by atoms with Crippen molar-refractivity contribution in [2.24, 2.45) is 0 Å². The molecule has 0 fully saturated rings. The summed E-state index contributed by atoms with van der Waals surface area (Å²) in [5.41, 5.74) is 0.528. The van der Waals surface area contributed by atoms with E-state index in [0.29, 0.717) is 19.5 Å². The van der Waals surface area contributed by atoms with Gasteiger partial charge in [0, 0.05) is 6.54 Å². The molecular formula is C27H35NO5S. The summed E-state index contributed by atoms with van der Waals surface area (Å²) in [5, 5.41) is 4.55. The van der Waals surface area contributed by atoms with E-state index >= 15 is 0 Å². The van der Waals surface area contributed by atoms with Gasteiger partial charge in [-0.05, 0) is 66.8 Å². The number of nitrogens with zero attached hydrogens (tertiary/aromatic N) is 1. The zero-order valence-corrected chi connectivity index (χ0v) is 21.4. The molecule has 0 N–H and O–H groups in total. The van der Waals surface area contributed by atoms with Gasteiger partial charge in [-0.2, -0.15) is 8.42 Å². The number of benzene rings is 3. The van der Waals surface area contributed by atoms with Crippen molar-refractivity contribution in [3.63, 3.8) is 0 Å². The van der Waals surface area contributed by atoms with Crippen LogP contribution in [0, 0.1) is 0 Å². The maximum Gasteiger partial charge on any atom is 0.410 e. The molecule has 3 aromatic rings. The molecule has 0 bridgehead atoms. The Kier molecular flexibility index (Phi) is 8.55. The predicted octanol–water partition coefficient (Wildman–Crippen LogP) is 6.27. The summed E-state index contributed by atoms with van der Waals surface area (Å²) >= 11 is 0. The number of hydrogen-bond acceptors (Lipinski definition) is 5. The summed E-state index contributed by atoms with van der Waals surface area (Å²) in [7, 11) is -3.40. The van der Waals surface area contributed by atoms with Gasteiger partial charge in [0.25, 0.3) is 10.1 Å². The van der Waals surface area contributed by atoms with E-state index in [1.165, 1.54) is 0 Å². The third-order valence-corrected chi connectivity index (χ3v) is 6.10. The molecule has 0 aliphatic carbocycles. The summed E-state index contributed by atoms with van der Waals surface area (Å²) in [6, 6.07) is 18.7. The Labute approximate surface area is 203 Å². The van der Waals surface area contributed by atoms with E-state index in [-0.39, 0.29) is 12.7 Å². The maximum atomic E-state index is 13.1. The van der Waals surface area contributed by atoms with Crippen LogP contribution in [0.1, 0.15) is 52.0 Å². The molecule has 7 heteroatoms. The Morgan fingerprint density at radius 3 is 2.00 bits per heavy atom. The van der Waals surface area contributed by atoms with Crippen molar-refractivity contribution in [3.05, 3.63) is 60.2 Å². The number of rotatable bonds is 10. The summed E-state index contributed by atoms with van der Waals surface area (Å²) in [6.07, 6.45) is 3.87. The van der Waals surface area contributed by atoms with Gasteiger partial charge in [0.1, 0.15) is 5.60 Å². The van der Waals surface area contributed by atoms with Crippen molar-refractivity contribution in [2.75, 3.05) is 19.4 Å². The summed E-state index contributed by atoms with van der Waals surface area (Å²) in [4.78, 5) is 14.9. The lowest BCUT2D eigenvalue weighted by atomic mass is 9.96. The Balaban J connectivity index is 1.77. The number of carbonyl (C=O) groups is 1. The monoisotopic (exact) mass is 485 g/mol. The molecule has 0 saturated carbocycles. The molecule has 3 rings (SSSR count). The fraction of sp³-hybridized carbons (Fsp3) is 0.444. The van der Waals surface area contributed by atoms with Crippen LogP contribution in [0.25, 0.3) is 21.5 Å². The molecule has 6 nitrogen and oxygen atoms in total. The van der Waals surface area contributed by atoms with Gasteiger partial charge in [0.2, 0.25) is 0 Å². The Hall–Kier alpha value is -2.64. The molecule has 0 radical (unpaired) electrons. The minimum atomic E-state index is -3.40. The standard InChI is InChI=1S/C27H35NO5S/c1-27(2,3)33-26(29)28(17-11-5-6-12-18-32-34(4,30)31)20-25-23-15-9-7-13-21(23)19-22-14-8-10-16-24(22)25/h7-10,13-16,19H,5-6,11-12,17-18,20H2,1-4H3. The largest absolute Gasteiger partial charge is 0.444 e. The third kappa shape index (κ3) is 7.71. The Bertz CT molecular complexity index is 1180. The molecule has 0 heterocycles. The fourth-order valence-corrected chi connectivity index (χ4v) is 4.42. The number of unbranched alkanes of at least 4 members (excludes halogenated alkanes) is 3. The van der Waals surface area contributed by atoms with Gasteiger partial charge in [-0.3, -0.25) is 4.18 Å². The highest BCUT2D eigenvalue weighted by Crippen LogP contribution is 2.30. The minimum Gasteiger partial charge on any atom is -0.444 e. The first-order valence-electron chi connectivity index (χ1n) is 11.8. The average Bonchev–Trinajstić information content (AvgIpc) is 2.75. The van der Waals surface area contributed by atoms with Crippen LogP contribution in [0.3, 0.4) is 0 Å². The van der Waals surface area contributed by atoms with Crippen molar-refractivity contribution in [2.45, 2.75) is 58.6 Å². The number of ether oxygens (including phenoxy) is 1. The molecule has 0 unspecified atom stereocenters. The second-order valence-electron chi connectivity index (χ2n) is 9.64. The molecule has 0 saturated heterocycles. The van der Waals surface area contributed by atoms with E-state index in [4.69, 9.17) is 8.92 Å². The molecular weight excluding hydrogens is 450 g/mol. The average molecular weight is 486 g/mol. The van der Waals surface area contributed by atoms with Crippen LogP contribution in [0.15, 0.2) is 54.6 Å². The first-order valence-corrected chi connectivity index (χ1v) is 13.6. The molecule has 0 atom stereocenters. The predicted molar refractivity (Wildman–Crippen MR) is 137 cm³/mol. The van der Waals surface area contributed by atoms with E-state index in [0.717, 1.165) is 52.6 Å². The maximum absolute atomic E-state index is 13.1. The lowest BCUT2D eigenvalue weighted by molar-refractivity contribution is 0.0231. The molecule has 0 aromatic heterocycles. The zero-order chi connectivity index (χ0) is 24.8. The van der Waals surface area contributed by atoms with Crippen molar-refractivity contribution in [3.8, 4) is 0 Å². The fourth-order valence-electron chi connectivity index (χ4n) is 4.00. The van der Waals surface area contributed by atoms with Gasteiger partial charge in [0.15, 0.2) is 0 Å². The number of fused-ring (bicyclic) bond motifs is 2. The molecule has 34 heavy (non-hydrogen) atoms. The van der Waals surface area contributed by atoms with Crippen LogP contribution in [-0.4, -0.2) is 44.4 Å². The van der Waals surface area contributed by atoms with Crippen LogP contribution < -0.4 is 0 Å². The van der Waals surface area contributed by atoms with Gasteiger partial charge in [-0.25, -0.2) is 4.79 Å². The van der Waals surface area contributed by atoms with Gasteiger partial charge in [-0.1, -0.05) is 61.4 Å². The van der Waals surface area contributed by atoms with E-state index < -0.39 is 15.7 Å². The van der Waals surface area contributed by atoms with Crippen molar-refractivity contribution in [1.29, 1.82) is 0 Å². The van der Waals surface area contributed by atoms with Crippen LogP contribution >= 0.6 is 0 Å². The van der Waals surface area contributed by atoms with Crippen LogP contribution in [0.2, 0.25) is 0 Å². The van der Waals surface area contributed by atoms with Crippen molar-refractivity contribution >= 4 is 37.8 Å². The van der Waals surface area contributed by atoms with Crippen LogP contribution in [0.4, 0.5) is 4.79 Å². The van der Waals surface area contributed by atoms with E-state index in [2.05, 4.69) is 30.3 Å². The highest BCUT2D eigenvalue weighted by atomic mass is 32.2. The molecule has 0 aliphatic heterocycles. The SMILES string of the molecule is CC(C)(C)OC(=O)N(CCCCCCOS(C)(=O)=O)Cc1c2ccccc2cc2ccccc12. The molecule has 3 aromatic carbocycles. The van der Waals surface area contributed by atoms with Crippen molar-refractivity contribution in [1.82, 2.24) is 4.90 Å². The van der Waals surface area contributed by atoms with Crippen LogP contribution in [-0.2, 0) is 25.6 Å². The first-order chi connectivity index (χ1) is 16.0. The molecule has 0 spiro atoms. The lowest BCUT2D eigenvalue weighted by Gasteiger charge is -2.28. The summed E-state index contributed by atoms with van der Waals surface area (Å²) in [5.74, 6) is 0. The Morgan fingerprint density at radius 1 is 0.882 bits per heavy atom. The summed E-state index contributed by atoms with van der Waals surface area (Å²) < 4.78 is 32.7. The molecule has 0 aliphatic rings. The molecule has 184 valence electrons. The van der Waals surface area contributed by atoms with E-state index in [1.807, 2.05) is 45.0 Å². The Morgan fingerprint density at radius 2 is 1.44 bits per heavy atom. The highest BCUT2D eigenvalue weighted by molar-refractivity contribution is 7.85. The van der Waals surface area contributed by atoms with Crippen molar-refractivity contribution < 1.29 is 22.1 Å². The number of carbonyl (C=O) groups excluding carboxylic acids is 1. The lowest BCUT2D eigenvalue weighted by Crippen LogP contribution is -2.37.